The Bertz CT molecular complexity index is 572. The SMILES string of the molecule is NC(=O)Nc1ccc(NC(=O)C2CCCCC2C(F)(F)F)cc1. The van der Waals surface area contributed by atoms with E-state index in [0.717, 1.165) is 0 Å². The van der Waals surface area contributed by atoms with Crippen LogP contribution in [0, 0.1) is 11.8 Å². The third-order valence-corrected chi connectivity index (χ3v) is 3.94. The van der Waals surface area contributed by atoms with E-state index >= 15 is 0 Å². The highest BCUT2D eigenvalue weighted by molar-refractivity contribution is 5.93. The van der Waals surface area contributed by atoms with Gasteiger partial charge < -0.3 is 16.4 Å². The van der Waals surface area contributed by atoms with Crippen molar-refractivity contribution < 1.29 is 22.8 Å². The van der Waals surface area contributed by atoms with Crippen LogP contribution in [0.2, 0.25) is 0 Å². The maximum atomic E-state index is 13.0. The van der Waals surface area contributed by atoms with Crippen LogP contribution in [0.15, 0.2) is 24.3 Å². The first kappa shape index (κ1) is 17.1. The Morgan fingerprint density at radius 2 is 1.52 bits per heavy atom. The third-order valence-electron chi connectivity index (χ3n) is 3.94. The van der Waals surface area contributed by atoms with Gasteiger partial charge in [-0.05, 0) is 37.1 Å². The summed E-state index contributed by atoms with van der Waals surface area (Å²) >= 11 is 0. The summed E-state index contributed by atoms with van der Waals surface area (Å²) in [6.07, 6.45) is -3.04. The zero-order chi connectivity index (χ0) is 17.0. The predicted octanol–water partition coefficient (Wildman–Crippen LogP) is 3.48. The molecule has 5 nitrogen and oxygen atoms in total. The molecule has 0 aromatic heterocycles. The number of nitrogens with one attached hydrogen (secondary N) is 2. The van der Waals surface area contributed by atoms with Crippen LogP contribution in [0.25, 0.3) is 0 Å². The number of halogens is 3. The van der Waals surface area contributed by atoms with Gasteiger partial charge in [0.25, 0.3) is 0 Å². The van der Waals surface area contributed by atoms with Gasteiger partial charge in [-0.15, -0.1) is 0 Å². The highest BCUT2D eigenvalue weighted by atomic mass is 19.4. The molecule has 0 bridgehead atoms. The Kier molecular flexibility index (Phi) is 5.12. The molecule has 0 saturated heterocycles. The zero-order valence-electron chi connectivity index (χ0n) is 12.3. The van der Waals surface area contributed by atoms with Crippen molar-refractivity contribution in [2.24, 2.45) is 17.6 Å². The molecule has 2 unspecified atom stereocenters. The fourth-order valence-corrected chi connectivity index (χ4v) is 2.85. The van der Waals surface area contributed by atoms with Gasteiger partial charge in [0.1, 0.15) is 0 Å². The van der Waals surface area contributed by atoms with E-state index in [-0.39, 0.29) is 12.8 Å². The molecular formula is C15H18F3N3O2. The van der Waals surface area contributed by atoms with Crippen molar-refractivity contribution in [2.75, 3.05) is 10.6 Å². The molecule has 0 spiro atoms. The van der Waals surface area contributed by atoms with Crippen molar-refractivity contribution in [3.63, 3.8) is 0 Å². The number of urea groups is 1. The van der Waals surface area contributed by atoms with E-state index in [4.69, 9.17) is 5.73 Å². The second-order valence-corrected chi connectivity index (χ2v) is 5.59. The minimum atomic E-state index is -4.36. The molecule has 23 heavy (non-hydrogen) atoms. The van der Waals surface area contributed by atoms with Gasteiger partial charge >= 0.3 is 12.2 Å². The molecule has 126 valence electrons. The molecule has 1 fully saturated rings. The fourth-order valence-electron chi connectivity index (χ4n) is 2.85. The van der Waals surface area contributed by atoms with Crippen molar-refractivity contribution >= 4 is 23.3 Å². The summed E-state index contributed by atoms with van der Waals surface area (Å²) in [6, 6.07) is 5.27. The normalized spacial score (nSPS) is 21.5. The number of rotatable bonds is 3. The summed E-state index contributed by atoms with van der Waals surface area (Å²) in [7, 11) is 0. The minimum absolute atomic E-state index is 0.0109. The van der Waals surface area contributed by atoms with Gasteiger partial charge in [0.05, 0.1) is 5.92 Å². The minimum Gasteiger partial charge on any atom is -0.351 e. The van der Waals surface area contributed by atoms with E-state index in [0.29, 0.717) is 24.2 Å². The van der Waals surface area contributed by atoms with E-state index in [1.165, 1.54) is 24.3 Å². The highest BCUT2D eigenvalue weighted by Gasteiger charge is 2.47. The van der Waals surface area contributed by atoms with Crippen LogP contribution >= 0.6 is 0 Å². The maximum Gasteiger partial charge on any atom is 0.392 e. The van der Waals surface area contributed by atoms with Crippen LogP contribution in [0.1, 0.15) is 25.7 Å². The van der Waals surface area contributed by atoms with E-state index in [9.17, 15) is 22.8 Å². The molecule has 2 rings (SSSR count). The van der Waals surface area contributed by atoms with Crippen LogP contribution in [0.3, 0.4) is 0 Å². The lowest BCUT2D eigenvalue weighted by atomic mass is 9.78. The summed E-state index contributed by atoms with van der Waals surface area (Å²) in [6.45, 7) is 0. The standard InChI is InChI=1S/C15H18F3N3O2/c16-15(17,18)12-4-2-1-3-11(12)13(22)20-9-5-7-10(8-6-9)21-14(19)23/h5-8,11-12H,1-4H2,(H,20,22)(H3,19,21,23). The molecule has 1 aromatic rings. The third kappa shape index (κ3) is 4.61. The van der Waals surface area contributed by atoms with Gasteiger partial charge in [-0.2, -0.15) is 13.2 Å². The van der Waals surface area contributed by atoms with Gasteiger partial charge in [-0.3, -0.25) is 4.79 Å². The molecule has 1 aliphatic rings. The Morgan fingerprint density at radius 3 is 2.04 bits per heavy atom. The molecule has 0 radical (unpaired) electrons. The summed E-state index contributed by atoms with van der Waals surface area (Å²) in [5.74, 6) is -3.28. The Balaban J connectivity index is 2.03. The van der Waals surface area contributed by atoms with Crippen molar-refractivity contribution in [3.8, 4) is 0 Å². The van der Waals surface area contributed by atoms with Gasteiger partial charge in [-0.1, -0.05) is 12.8 Å². The smallest absolute Gasteiger partial charge is 0.351 e. The van der Waals surface area contributed by atoms with E-state index in [2.05, 4.69) is 10.6 Å². The number of hydrogen-bond donors (Lipinski definition) is 3. The fraction of sp³-hybridized carbons (Fsp3) is 0.467. The number of primary amides is 1. The molecule has 1 aromatic carbocycles. The highest BCUT2D eigenvalue weighted by Crippen LogP contribution is 2.41. The average Bonchev–Trinajstić information content (AvgIpc) is 2.48. The van der Waals surface area contributed by atoms with Crippen molar-refractivity contribution in [2.45, 2.75) is 31.9 Å². The van der Waals surface area contributed by atoms with Gasteiger partial charge in [0.2, 0.25) is 5.91 Å². The van der Waals surface area contributed by atoms with E-state index < -0.39 is 30.0 Å². The Labute approximate surface area is 131 Å². The van der Waals surface area contributed by atoms with Crippen LogP contribution in [-0.2, 0) is 4.79 Å². The number of anilines is 2. The quantitative estimate of drug-likeness (QED) is 0.793. The van der Waals surface area contributed by atoms with Gasteiger partial charge in [0, 0.05) is 17.3 Å². The van der Waals surface area contributed by atoms with Gasteiger partial charge in [-0.25, -0.2) is 4.79 Å². The largest absolute Gasteiger partial charge is 0.392 e. The molecule has 2 atom stereocenters. The number of hydrogen-bond acceptors (Lipinski definition) is 2. The summed E-state index contributed by atoms with van der Waals surface area (Å²) in [4.78, 5) is 22.9. The zero-order valence-corrected chi connectivity index (χ0v) is 12.3. The molecule has 1 saturated carbocycles. The first-order valence-corrected chi connectivity index (χ1v) is 7.31. The Hall–Kier alpha value is -2.25. The van der Waals surface area contributed by atoms with Crippen LogP contribution in [0.5, 0.6) is 0 Å². The molecule has 1 aliphatic carbocycles. The average molecular weight is 329 g/mol. The summed E-state index contributed by atoms with van der Waals surface area (Å²) < 4.78 is 39.1. The number of nitrogens with two attached hydrogens (primary N) is 1. The molecule has 4 N–H and O–H groups in total. The number of amides is 3. The van der Waals surface area contributed by atoms with E-state index in [1.54, 1.807) is 0 Å². The number of carbonyl (C=O) groups is 2. The molecule has 8 heteroatoms. The second kappa shape index (κ2) is 6.89. The molecular weight excluding hydrogens is 311 g/mol. The lowest BCUT2D eigenvalue weighted by Crippen LogP contribution is -2.39. The topological polar surface area (TPSA) is 84.2 Å². The molecule has 0 heterocycles. The lowest BCUT2D eigenvalue weighted by Gasteiger charge is -2.32. The number of benzene rings is 1. The molecule has 0 aliphatic heterocycles. The summed E-state index contributed by atoms with van der Waals surface area (Å²) in [5, 5.41) is 4.86. The Morgan fingerprint density at radius 1 is 1.00 bits per heavy atom. The van der Waals surface area contributed by atoms with Crippen molar-refractivity contribution in [1.82, 2.24) is 0 Å². The van der Waals surface area contributed by atoms with Crippen LogP contribution < -0.4 is 16.4 Å². The first-order chi connectivity index (χ1) is 10.8. The van der Waals surface area contributed by atoms with Crippen molar-refractivity contribution in [1.29, 1.82) is 0 Å². The maximum absolute atomic E-state index is 13.0. The predicted molar refractivity (Wildman–Crippen MR) is 79.8 cm³/mol. The lowest BCUT2D eigenvalue weighted by molar-refractivity contribution is -0.197. The van der Waals surface area contributed by atoms with Gasteiger partial charge in [0.15, 0.2) is 0 Å². The molecule has 3 amide bonds. The monoisotopic (exact) mass is 329 g/mol. The summed E-state index contributed by atoms with van der Waals surface area (Å²) in [5.41, 5.74) is 5.77. The number of alkyl halides is 3. The number of carbonyl (C=O) groups excluding carboxylic acids is 2. The second-order valence-electron chi connectivity index (χ2n) is 5.59. The van der Waals surface area contributed by atoms with E-state index in [1.807, 2.05) is 0 Å². The van der Waals surface area contributed by atoms with Crippen LogP contribution in [-0.4, -0.2) is 18.1 Å². The van der Waals surface area contributed by atoms with Crippen LogP contribution in [0.4, 0.5) is 29.3 Å². The van der Waals surface area contributed by atoms with Crippen molar-refractivity contribution in [3.05, 3.63) is 24.3 Å². The first-order valence-electron chi connectivity index (χ1n) is 7.31.